The number of likely N-dealkylation sites (tertiary alicyclic amines) is 1. The summed E-state index contributed by atoms with van der Waals surface area (Å²) in [4.78, 5) is 26.8. The van der Waals surface area contributed by atoms with Gasteiger partial charge >= 0.3 is 0 Å². The maximum Gasteiger partial charge on any atom is 0.227 e. The molecule has 1 N–H and O–H groups in total. The molecule has 0 unspecified atom stereocenters. The van der Waals surface area contributed by atoms with Gasteiger partial charge in [0.2, 0.25) is 11.8 Å². The highest BCUT2D eigenvalue weighted by Gasteiger charge is 2.52. The predicted octanol–water partition coefficient (Wildman–Crippen LogP) is 2.92. The van der Waals surface area contributed by atoms with Gasteiger partial charge < -0.3 is 14.6 Å². The third kappa shape index (κ3) is 3.17. The van der Waals surface area contributed by atoms with Crippen LogP contribution >= 0.6 is 0 Å². The number of carbonyl (C=O) groups excluding carboxylic acids is 2. The van der Waals surface area contributed by atoms with Gasteiger partial charge in [0.1, 0.15) is 5.76 Å². The number of furan rings is 1. The van der Waals surface area contributed by atoms with Gasteiger partial charge in [0.15, 0.2) is 0 Å². The molecule has 1 saturated heterocycles. The van der Waals surface area contributed by atoms with Crippen molar-refractivity contribution in [3.8, 4) is 0 Å². The van der Waals surface area contributed by atoms with E-state index in [1.807, 2.05) is 13.0 Å². The molecule has 0 bridgehead atoms. The summed E-state index contributed by atoms with van der Waals surface area (Å²) < 4.78 is 5.35. The number of nitrogens with one attached hydrogen (secondary N) is 1. The normalized spacial score (nSPS) is 30.1. The molecule has 2 saturated carbocycles. The van der Waals surface area contributed by atoms with E-state index in [4.69, 9.17) is 4.42 Å². The van der Waals surface area contributed by atoms with Crippen LogP contribution in [0.4, 0.5) is 0 Å². The summed E-state index contributed by atoms with van der Waals surface area (Å²) in [6, 6.07) is 2.17. The molecule has 0 radical (unpaired) electrons. The summed E-state index contributed by atoms with van der Waals surface area (Å²) in [5.74, 6) is 2.55. The highest BCUT2D eigenvalue weighted by atomic mass is 16.3. The van der Waals surface area contributed by atoms with Crippen molar-refractivity contribution in [2.75, 3.05) is 13.1 Å². The zero-order valence-corrected chi connectivity index (χ0v) is 16.1. The summed E-state index contributed by atoms with van der Waals surface area (Å²) in [5, 5.41) is 3.15. The Morgan fingerprint density at radius 1 is 1.23 bits per heavy atom. The van der Waals surface area contributed by atoms with Crippen LogP contribution in [0.15, 0.2) is 16.7 Å². The Kier molecular flexibility index (Phi) is 4.36. The average Bonchev–Trinajstić information content (AvgIpc) is 2.97. The largest absolute Gasteiger partial charge is 0.469 e. The molecule has 1 aromatic heterocycles. The molecular formula is C21H30N2O3. The highest BCUT2D eigenvalue weighted by Crippen LogP contribution is 2.51. The molecule has 2 amide bonds. The van der Waals surface area contributed by atoms with Gasteiger partial charge in [-0.05, 0) is 61.5 Å². The molecule has 26 heavy (non-hydrogen) atoms. The van der Waals surface area contributed by atoms with Crippen molar-refractivity contribution in [3.63, 3.8) is 0 Å². The summed E-state index contributed by atoms with van der Waals surface area (Å²) in [7, 11) is 0. The minimum Gasteiger partial charge on any atom is -0.469 e. The lowest BCUT2D eigenvalue weighted by atomic mass is 9.60. The Morgan fingerprint density at radius 2 is 1.88 bits per heavy atom. The number of hydrogen-bond donors (Lipinski definition) is 1. The van der Waals surface area contributed by atoms with Gasteiger partial charge in [-0.15, -0.1) is 0 Å². The first-order chi connectivity index (χ1) is 12.4. The number of aryl methyl sites for hydroxylation is 1. The van der Waals surface area contributed by atoms with E-state index in [9.17, 15) is 9.59 Å². The number of nitrogens with zero attached hydrogens (tertiary/aromatic N) is 1. The van der Waals surface area contributed by atoms with Crippen LogP contribution in [0.2, 0.25) is 0 Å². The summed E-state index contributed by atoms with van der Waals surface area (Å²) in [6.07, 6.45) is 6.22. The van der Waals surface area contributed by atoms with E-state index in [1.54, 1.807) is 6.26 Å². The van der Waals surface area contributed by atoms with Crippen LogP contribution < -0.4 is 5.32 Å². The molecule has 2 heterocycles. The maximum absolute atomic E-state index is 12.5. The fraction of sp³-hybridized carbons (Fsp3) is 0.714. The molecule has 2 atom stereocenters. The lowest BCUT2D eigenvalue weighted by molar-refractivity contribution is -0.137. The van der Waals surface area contributed by atoms with Crippen molar-refractivity contribution in [1.29, 1.82) is 0 Å². The van der Waals surface area contributed by atoms with E-state index >= 15 is 0 Å². The van der Waals surface area contributed by atoms with Crippen molar-refractivity contribution in [2.24, 2.45) is 23.2 Å². The van der Waals surface area contributed by atoms with Crippen LogP contribution in [0.25, 0.3) is 0 Å². The van der Waals surface area contributed by atoms with Crippen molar-refractivity contribution < 1.29 is 14.0 Å². The lowest BCUT2D eigenvalue weighted by Gasteiger charge is -2.52. The van der Waals surface area contributed by atoms with Crippen LogP contribution in [0.3, 0.4) is 0 Å². The molecule has 1 aromatic rings. The van der Waals surface area contributed by atoms with Gasteiger partial charge in [0.25, 0.3) is 0 Å². The second kappa shape index (κ2) is 6.43. The van der Waals surface area contributed by atoms with E-state index < -0.39 is 0 Å². The average molecular weight is 358 g/mol. The first-order valence-corrected chi connectivity index (χ1v) is 10.00. The molecule has 1 spiro atoms. The van der Waals surface area contributed by atoms with E-state index in [2.05, 4.69) is 24.1 Å². The van der Waals surface area contributed by atoms with Gasteiger partial charge in [-0.25, -0.2) is 0 Å². The third-order valence-electron chi connectivity index (χ3n) is 7.26. The van der Waals surface area contributed by atoms with Crippen LogP contribution in [0.1, 0.15) is 50.9 Å². The van der Waals surface area contributed by atoms with Gasteiger partial charge in [-0.1, -0.05) is 13.8 Å². The molecule has 5 nitrogen and oxygen atoms in total. The second-order valence-corrected chi connectivity index (χ2v) is 8.95. The quantitative estimate of drug-likeness (QED) is 0.900. The van der Waals surface area contributed by atoms with E-state index in [0.717, 1.165) is 50.1 Å². The maximum atomic E-state index is 12.5. The number of amides is 2. The number of rotatable bonds is 4. The van der Waals surface area contributed by atoms with Crippen molar-refractivity contribution in [2.45, 2.75) is 58.9 Å². The molecule has 0 aromatic carbocycles. The minimum atomic E-state index is 0.0484. The Bertz CT molecular complexity index is 686. The Morgan fingerprint density at radius 3 is 2.42 bits per heavy atom. The zero-order valence-electron chi connectivity index (χ0n) is 16.1. The van der Waals surface area contributed by atoms with E-state index in [0.29, 0.717) is 29.6 Å². The Hall–Kier alpha value is -1.78. The standard InChI is InChI=1S/C21H30N2O3/c1-13-4-9-26-17(13)10-18(24)22-16-11-21(12-16)5-7-23(8-6-21)20(25)19-14(2)15(19)3/h4,9,14-16,19H,5-8,10-12H2,1-3H3,(H,22,24)/t14-,15-/m1/s1. The fourth-order valence-electron chi connectivity index (χ4n) is 5.03. The monoisotopic (exact) mass is 358 g/mol. The summed E-state index contributed by atoms with van der Waals surface area (Å²) in [5.41, 5.74) is 1.37. The van der Waals surface area contributed by atoms with Crippen molar-refractivity contribution in [3.05, 3.63) is 23.7 Å². The zero-order chi connectivity index (χ0) is 18.5. The first kappa shape index (κ1) is 17.6. The molecule has 3 aliphatic rings. The predicted molar refractivity (Wildman–Crippen MR) is 98.4 cm³/mol. The fourth-order valence-corrected chi connectivity index (χ4v) is 5.03. The highest BCUT2D eigenvalue weighted by molar-refractivity contribution is 5.82. The van der Waals surface area contributed by atoms with Crippen molar-refractivity contribution >= 4 is 11.8 Å². The second-order valence-electron chi connectivity index (χ2n) is 8.95. The van der Waals surface area contributed by atoms with Gasteiger partial charge in [0.05, 0.1) is 12.7 Å². The van der Waals surface area contributed by atoms with E-state index in [1.165, 1.54) is 0 Å². The number of carbonyl (C=O) groups is 2. The molecule has 2 aliphatic carbocycles. The Labute approximate surface area is 155 Å². The molecule has 5 heteroatoms. The first-order valence-electron chi connectivity index (χ1n) is 10.00. The van der Waals surface area contributed by atoms with Crippen LogP contribution in [0, 0.1) is 30.1 Å². The smallest absolute Gasteiger partial charge is 0.227 e. The molecule has 4 rings (SSSR count). The minimum absolute atomic E-state index is 0.0484. The number of hydrogen-bond acceptors (Lipinski definition) is 3. The Balaban J connectivity index is 1.21. The van der Waals surface area contributed by atoms with Crippen LogP contribution in [-0.4, -0.2) is 35.8 Å². The van der Waals surface area contributed by atoms with Crippen LogP contribution in [0.5, 0.6) is 0 Å². The molecular weight excluding hydrogens is 328 g/mol. The van der Waals surface area contributed by atoms with Gasteiger partial charge in [0, 0.05) is 25.0 Å². The SMILES string of the molecule is Cc1ccoc1CC(=O)NC1CC2(CCN(C(=O)C3[C@H](C)[C@H]3C)CC2)C1. The topological polar surface area (TPSA) is 62.6 Å². The third-order valence-corrected chi connectivity index (χ3v) is 7.26. The molecule has 3 fully saturated rings. The summed E-state index contributed by atoms with van der Waals surface area (Å²) in [6.45, 7) is 8.11. The number of piperidine rings is 1. The molecule has 142 valence electrons. The van der Waals surface area contributed by atoms with Crippen molar-refractivity contribution in [1.82, 2.24) is 10.2 Å². The molecule has 1 aliphatic heterocycles. The van der Waals surface area contributed by atoms with Crippen LogP contribution in [-0.2, 0) is 16.0 Å². The van der Waals surface area contributed by atoms with E-state index in [-0.39, 0.29) is 17.9 Å². The summed E-state index contributed by atoms with van der Waals surface area (Å²) >= 11 is 0. The van der Waals surface area contributed by atoms with Gasteiger partial charge in [-0.2, -0.15) is 0 Å². The van der Waals surface area contributed by atoms with Gasteiger partial charge in [-0.3, -0.25) is 9.59 Å². The lowest BCUT2D eigenvalue weighted by Crippen LogP contribution is -2.55.